The fourth-order valence-corrected chi connectivity index (χ4v) is 7.86. The van der Waals surface area contributed by atoms with E-state index in [1.165, 1.54) is 44.1 Å². The van der Waals surface area contributed by atoms with Crippen LogP contribution in [0.1, 0.15) is 68.1 Å². The molecule has 0 radical (unpaired) electrons. The zero-order chi connectivity index (χ0) is 29.6. The lowest BCUT2D eigenvalue weighted by atomic mass is 9.48. The summed E-state index contributed by atoms with van der Waals surface area (Å²) in [5.74, 6) is 1.78. The highest BCUT2D eigenvalue weighted by atomic mass is 16.6. The standard InChI is InChI=1S/C36H40N2O5/c39-33(37-31-13-11-30(12-14-31)36-20-27-17-28(21-36)19-29(18-27)22-36)16-15-32(34(40)42-23-25-7-3-1-4-8-25)38-35(41)43-24-26-9-5-2-6-10-26/h1-14,27-29,32H,15-24H2,(H,37,39)(H,38,41)/t27?,28?,29?,32-,36?/m0/s1. The van der Waals surface area contributed by atoms with Crippen LogP contribution in [0.25, 0.3) is 0 Å². The van der Waals surface area contributed by atoms with Gasteiger partial charge in [-0.3, -0.25) is 4.79 Å². The van der Waals surface area contributed by atoms with Crippen molar-refractivity contribution in [2.75, 3.05) is 5.32 Å². The van der Waals surface area contributed by atoms with Crippen molar-refractivity contribution in [1.82, 2.24) is 5.32 Å². The van der Waals surface area contributed by atoms with Crippen LogP contribution in [0.3, 0.4) is 0 Å². The summed E-state index contributed by atoms with van der Waals surface area (Å²) in [6, 6.07) is 25.9. The van der Waals surface area contributed by atoms with Gasteiger partial charge in [0, 0.05) is 12.1 Å². The summed E-state index contributed by atoms with van der Waals surface area (Å²) in [5.41, 5.74) is 4.11. The van der Waals surface area contributed by atoms with Crippen molar-refractivity contribution in [1.29, 1.82) is 0 Å². The van der Waals surface area contributed by atoms with Gasteiger partial charge in [0.1, 0.15) is 19.3 Å². The summed E-state index contributed by atoms with van der Waals surface area (Å²) in [6.45, 7) is 0.136. The third-order valence-electron chi connectivity index (χ3n) is 9.49. The zero-order valence-electron chi connectivity index (χ0n) is 24.5. The molecule has 7 rings (SSSR count). The Labute approximate surface area is 253 Å². The van der Waals surface area contributed by atoms with Crippen LogP contribution in [0.2, 0.25) is 0 Å². The van der Waals surface area contributed by atoms with Crippen molar-refractivity contribution in [2.45, 2.75) is 76.0 Å². The molecule has 4 saturated carbocycles. The Morgan fingerprint density at radius 2 is 1.26 bits per heavy atom. The van der Waals surface area contributed by atoms with E-state index in [0.29, 0.717) is 5.41 Å². The summed E-state index contributed by atoms with van der Waals surface area (Å²) in [4.78, 5) is 38.4. The van der Waals surface area contributed by atoms with Crippen molar-refractivity contribution >= 4 is 23.7 Å². The first-order valence-corrected chi connectivity index (χ1v) is 15.5. The summed E-state index contributed by atoms with van der Waals surface area (Å²) in [5, 5.41) is 5.56. The predicted octanol–water partition coefficient (Wildman–Crippen LogP) is 6.91. The molecule has 0 heterocycles. The first-order chi connectivity index (χ1) is 20.9. The third kappa shape index (κ3) is 7.27. The highest BCUT2D eigenvalue weighted by molar-refractivity contribution is 5.91. The first-order valence-electron chi connectivity index (χ1n) is 15.5. The van der Waals surface area contributed by atoms with Gasteiger partial charge >= 0.3 is 12.1 Å². The topological polar surface area (TPSA) is 93.7 Å². The van der Waals surface area contributed by atoms with E-state index in [1.807, 2.05) is 72.8 Å². The minimum atomic E-state index is -1.03. The number of hydrogen-bond donors (Lipinski definition) is 2. The lowest BCUT2D eigenvalue weighted by Gasteiger charge is -2.57. The number of carbonyl (C=O) groups is 3. The van der Waals surface area contributed by atoms with Crippen LogP contribution in [0, 0.1) is 17.8 Å². The van der Waals surface area contributed by atoms with Gasteiger partial charge in [0.05, 0.1) is 0 Å². The van der Waals surface area contributed by atoms with E-state index >= 15 is 0 Å². The van der Waals surface area contributed by atoms with Crippen LogP contribution in [-0.2, 0) is 37.7 Å². The highest BCUT2D eigenvalue weighted by Crippen LogP contribution is 2.60. The number of hydrogen-bond acceptors (Lipinski definition) is 5. The molecule has 3 aromatic rings. The van der Waals surface area contributed by atoms with Crippen molar-refractivity contribution in [3.05, 3.63) is 102 Å². The largest absolute Gasteiger partial charge is 0.459 e. The lowest BCUT2D eigenvalue weighted by molar-refractivity contribution is -0.147. The van der Waals surface area contributed by atoms with E-state index in [-0.39, 0.29) is 32.0 Å². The molecule has 1 atom stereocenters. The third-order valence-corrected chi connectivity index (χ3v) is 9.49. The molecular weight excluding hydrogens is 540 g/mol. The fraction of sp³-hybridized carbons (Fsp3) is 0.417. The Morgan fingerprint density at radius 1 is 0.721 bits per heavy atom. The lowest BCUT2D eigenvalue weighted by Crippen LogP contribution is -2.48. The number of anilines is 1. The molecule has 4 aliphatic rings. The van der Waals surface area contributed by atoms with E-state index in [0.717, 1.165) is 34.6 Å². The number of nitrogens with one attached hydrogen (secondary N) is 2. The maximum absolute atomic E-state index is 13.0. The molecule has 3 aromatic carbocycles. The minimum absolute atomic E-state index is 0.0286. The van der Waals surface area contributed by atoms with Crippen molar-refractivity contribution in [3.8, 4) is 0 Å². The second-order valence-electron chi connectivity index (χ2n) is 12.7. The quantitative estimate of drug-likeness (QED) is 0.240. The normalized spacial score (nSPS) is 24.1. The van der Waals surface area contributed by atoms with E-state index in [1.54, 1.807) is 0 Å². The molecule has 4 fully saturated rings. The average molecular weight is 581 g/mol. The molecule has 43 heavy (non-hydrogen) atoms. The number of amides is 2. The molecule has 0 saturated heterocycles. The van der Waals surface area contributed by atoms with Crippen LogP contribution in [-0.4, -0.2) is 24.0 Å². The Balaban J connectivity index is 1.03. The minimum Gasteiger partial charge on any atom is -0.459 e. The van der Waals surface area contributed by atoms with Crippen LogP contribution < -0.4 is 10.6 Å². The molecule has 4 bridgehead atoms. The monoisotopic (exact) mass is 580 g/mol. The predicted molar refractivity (Wildman–Crippen MR) is 164 cm³/mol. The number of rotatable bonds is 11. The maximum Gasteiger partial charge on any atom is 0.408 e. The van der Waals surface area contributed by atoms with E-state index < -0.39 is 18.1 Å². The molecule has 0 unspecified atom stereocenters. The average Bonchev–Trinajstić information content (AvgIpc) is 3.01. The second kappa shape index (κ2) is 13.0. The number of ether oxygens (including phenoxy) is 2. The van der Waals surface area contributed by atoms with Crippen LogP contribution in [0.5, 0.6) is 0 Å². The number of benzene rings is 3. The van der Waals surface area contributed by atoms with Gasteiger partial charge in [0.2, 0.25) is 5.91 Å². The summed E-state index contributed by atoms with van der Waals surface area (Å²) < 4.78 is 10.8. The fourth-order valence-electron chi connectivity index (χ4n) is 7.86. The van der Waals surface area contributed by atoms with Gasteiger partial charge in [-0.1, -0.05) is 72.8 Å². The molecule has 2 N–H and O–H groups in total. The van der Waals surface area contributed by atoms with E-state index in [2.05, 4.69) is 22.8 Å². The molecule has 7 heteroatoms. The van der Waals surface area contributed by atoms with Crippen molar-refractivity contribution in [2.24, 2.45) is 17.8 Å². The van der Waals surface area contributed by atoms with E-state index in [4.69, 9.17) is 9.47 Å². The van der Waals surface area contributed by atoms with Crippen LogP contribution >= 0.6 is 0 Å². The molecule has 0 aliphatic heterocycles. The second-order valence-corrected chi connectivity index (χ2v) is 12.7. The zero-order valence-corrected chi connectivity index (χ0v) is 24.5. The van der Waals surface area contributed by atoms with Gasteiger partial charge < -0.3 is 20.1 Å². The summed E-state index contributed by atoms with van der Waals surface area (Å²) >= 11 is 0. The number of esters is 1. The smallest absolute Gasteiger partial charge is 0.408 e. The Hall–Kier alpha value is -4.13. The van der Waals surface area contributed by atoms with Crippen LogP contribution in [0.4, 0.5) is 10.5 Å². The molecule has 0 spiro atoms. The van der Waals surface area contributed by atoms with Crippen molar-refractivity contribution < 1.29 is 23.9 Å². The van der Waals surface area contributed by atoms with Gasteiger partial charge in [-0.05, 0) is 96.9 Å². The molecular formula is C36H40N2O5. The summed E-state index contributed by atoms with van der Waals surface area (Å²) in [7, 11) is 0. The Morgan fingerprint density at radius 3 is 1.81 bits per heavy atom. The summed E-state index contributed by atoms with van der Waals surface area (Å²) in [6.07, 6.45) is 7.49. The van der Waals surface area contributed by atoms with Gasteiger partial charge in [-0.15, -0.1) is 0 Å². The maximum atomic E-state index is 13.0. The van der Waals surface area contributed by atoms with Gasteiger partial charge in [0.25, 0.3) is 0 Å². The molecule has 2 amide bonds. The molecule has 224 valence electrons. The molecule has 4 aliphatic carbocycles. The van der Waals surface area contributed by atoms with E-state index in [9.17, 15) is 14.4 Å². The Kier molecular flexibility index (Phi) is 8.77. The van der Waals surface area contributed by atoms with Gasteiger partial charge in [0.15, 0.2) is 0 Å². The highest BCUT2D eigenvalue weighted by Gasteiger charge is 2.51. The van der Waals surface area contributed by atoms with Crippen molar-refractivity contribution in [3.63, 3.8) is 0 Å². The number of alkyl carbamates (subject to hydrolysis) is 1. The number of carbonyl (C=O) groups excluding carboxylic acids is 3. The molecule has 7 nitrogen and oxygen atoms in total. The van der Waals surface area contributed by atoms with Gasteiger partial charge in [-0.2, -0.15) is 0 Å². The Bertz CT molecular complexity index is 1370. The first kappa shape index (κ1) is 29.0. The SMILES string of the molecule is O=C(CC[C@H](NC(=O)OCc1ccccc1)C(=O)OCc1ccccc1)Nc1ccc(C23CC4CC(CC(C4)C2)C3)cc1. The molecule has 0 aromatic heterocycles. The van der Waals surface area contributed by atoms with Gasteiger partial charge in [-0.25, -0.2) is 9.59 Å². The van der Waals surface area contributed by atoms with Crippen LogP contribution in [0.15, 0.2) is 84.9 Å².